The monoisotopic (exact) mass is 1070 g/mol. The Morgan fingerprint density at radius 3 is 1.49 bits per heavy atom. The van der Waals surface area contributed by atoms with E-state index in [-0.39, 0.29) is 39.2 Å². The molecule has 14 nitrogen and oxygen atoms in total. The summed E-state index contributed by atoms with van der Waals surface area (Å²) in [6.45, 7) is 4.48. The van der Waals surface area contributed by atoms with Gasteiger partial charge in [0.15, 0.2) is 6.10 Å². The molecule has 0 heterocycles. The molecule has 0 spiro atoms. The zero-order valence-electron chi connectivity index (χ0n) is 45.1. The third-order valence-corrected chi connectivity index (χ3v) is 15.7. The Labute approximate surface area is 444 Å². The lowest BCUT2D eigenvalue weighted by molar-refractivity contribution is -0.161. The van der Waals surface area contributed by atoms with E-state index in [0.717, 1.165) is 49.0 Å². The van der Waals surface area contributed by atoms with Gasteiger partial charge in [0.05, 0.1) is 20.3 Å². The quantitative estimate of drug-likeness (QED) is 0.0184. The van der Waals surface area contributed by atoms with Gasteiger partial charge in [-0.25, -0.2) is 14.2 Å². The molecule has 17 heteroatoms. The molecule has 0 bridgehead atoms. The minimum absolute atomic E-state index is 0.0929. The molecule has 0 aliphatic carbocycles. The van der Waals surface area contributed by atoms with E-state index in [4.69, 9.17) is 23.3 Å². The Balaban J connectivity index is 2.38. The molecule has 0 aromatic heterocycles. The number of unbranched alkanes of at least 4 members (excludes halogenated alkanes) is 29. The predicted octanol–water partition coefficient (Wildman–Crippen LogP) is 15.9. The van der Waals surface area contributed by atoms with Crippen molar-refractivity contribution in [2.75, 3.05) is 45.8 Å². The summed E-state index contributed by atoms with van der Waals surface area (Å²) in [6.07, 6.45) is 35.9. The summed E-state index contributed by atoms with van der Waals surface area (Å²) in [5.41, 5.74) is 0.824. The highest BCUT2D eigenvalue weighted by molar-refractivity contribution is 8.76. The molecular formula is C55H99N2O12PS2. The first-order chi connectivity index (χ1) is 35.1. The highest BCUT2D eigenvalue weighted by Gasteiger charge is 2.26. The lowest BCUT2D eigenvalue weighted by Gasteiger charge is -2.20. The lowest BCUT2D eigenvalue weighted by Crippen LogP contribution is -2.29. The number of carbonyl (C=O) groups is 4. The maximum absolute atomic E-state index is 12.9. The van der Waals surface area contributed by atoms with Crippen molar-refractivity contribution in [3.8, 4) is 0 Å². The van der Waals surface area contributed by atoms with E-state index in [1.54, 1.807) is 21.6 Å². The normalized spacial score (nSPS) is 12.5. The summed E-state index contributed by atoms with van der Waals surface area (Å²) in [7, 11) is -0.0414. The van der Waals surface area contributed by atoms with Crippen LogP contribution in [0, 0.1) is 0 Å². The summed E-state index contributed by atoms with van der Waals surface area (Å²) < 4.78 is 44.1. The number of hydrogen-bond donors (Lipinski definition) is 3. The Kier molecular flexibility index (Phi) is 46.3. The van der Waals surface area contributed by atoms with Crippen molar-refractivity contribution in [1.82, 2.24) is 10.6 Å². The van der Waals surface area contributed by atoms with E-state index < -0.39 is 44.7 Å². The standard InChI is InChI=1S/C55H99N2O12PS2/c1-4-6-8-10-12-14-16-18-20-22-24-26-28-30-32-36-52(58)65-47-50(69-53(59)37-33-31-29-27-25-23-21-19-17-15-13-11-9-7-5-2)48-68-70(62,63)67-44-35-34-42-56-55(61)66-46-49-38-40-51(41-39-49)72-71-45-43-57-54(60)64-3/h38-41,50H,4-37,42-48H2,1-3H3,(H,56,61)(H,57,60)(H,62,63). The molecule has 0 radical (unpaired) electrons. The Morgan fingerprint density at radius 2 is 1.00 bits per heavy atom. The number of rotatable bonds is 51. The number of nitrogens with one attached hydrogen (secondary N) is 2. The Hall–Kier alpha value is -2.49. The SMILES string of the molecule is CCCCCCCCCCCCCCCCCC(=O)OCC(COP(=O)(O)OCCCCNC(=O)OCc1ccc(SSCCNC(=O)OC)cc1)OC(=O)CCCCCCCCCCCCCCCCC. The average molecular weight is 1080 g/mol. The number of benzene rings is 1. The third-order valence-electron chi connectivity index (χ3n) is 12.3. The smallest absolute Gasteiger partial charge is 0.462 e. The van der Waals surface area contributed by atoms with Gasteiger partial charge in [-0.15, -0.1) is 0 Å². The fraction of sp³-hybridized carbons (Fsp3) is 0.818. The first-order valence-corrected chi connectivity index (χ1v) is 32.0. The van der Waals surface area contributed by atoms with Crippen LogP contribution in [0.5, 0.6) is 0 Å². The zero-order chi connectivity index (χ0) is 52.4. The van der Waals surface area contributed by atoms with Gasteiger partial charge in [-0.2, -0.15) is 0 Å². The van der Waals surface area contributed by atoms with E-state index in [0.29, 0.717) is 38.0 Å². The molecule has 0 saturated heterocycles. The summed E-state index contributed by atoms with van der Waals surface area (Å²) in [5, 5.41) is 5.29. The van der Waals surface area contributed by atoms with Crippen molar-refractivity contribution in [1.29, 1.82) is 0 Å². The number of phosphoric ester groups is 1. The molecule has 1 rings (SSSR count). The average Bonchev–Trinajstić information content (AvgIpc) is 3.37. The summed E-state index contributed by atoms with van der Waals surface area (Å²) in [5.74, 6) is -0.164. The van der Waals surface area contributed by atoms with Crippen molar-refractivity contribution < 1.29 is 56.6 Å². The second-order valence-electron chi connectivity index (χ2n) is 19.0. The molecule has 1 aromatic rings. The number of phosphoric acid groups is 1. The van der Waals surface area contributed by atoms with Crippen LogP contribution in [0.4, 0.5) is 9.59 Å². The van der Waals surface area contributed by atoms with Crippen molar-refractivity contribution in [3.63, 3.8) is 0 Å². The van der Waals surface area contributed by atoms with Crippen LogP contribution in [0.3, 0.4) is 0 Å². The van der Waals surface area contributed by atoms with Gasteiger partial charge in [0.25, 0.3) is 0 Å². The molecule has 0 aliphatic rings. The van der Waals surface area contributed by atoms with Gasteiger partial charge >= 0.3 is 31.9 Å². The largest absolute Gasteiger partial charge is 0.472 e. The minimum atomic E-state index is -4.53. The second kappa shape index (κ2) is 49.4. The van der Waals surface area contributed by atoms with E-state index in [1.165, 1.54) is 148 Å². The van der Waals surface area contributed by atoms with Crippen molar-refractivity contribution in [2.45, 2.75) is 250 Å². The van der Waals surface area contributed by atoms with Crippen molar-refractivity contribution in [2.24, 2.45) is 0 Å². The van der Waals surface area contributed by atoms with Gasteiger partial charge in [0, 0.05) is 36.6 Å². The molecule has 2 unspecified atom stereocenters. The van der Waals surface area contributed by atoms with Crippen LogP contribution in [0.1, 0.15) is 238 Å². The summed E-state index contributed by atoms with van der Waals surface area (Å²) >= 11 is 0. The maximum atomic E-state index is 12.9. The number of amides is 2. The van der Waals surface area contributed by atoms with E-state index in [2.05, 4.69) is 29.2 Å². The summed E-state index contributed by atoms with van der Waals surface area (Å²) in [6, 6.07) is 7.60. The zero-order valence-corrected chi connectivity index (χ0v) is 47.6. The number of hydrogen-bond acceptors (Lipinski definition) is 13. The second-order valence-corrected chi connectivity index (χ2v) is 22.9. The minimum Gasteiger partial charge on any atom is -0.462 e. The van der Waals surface area contributed by atoms with E-state index in [1.807, 2.05) is 24.3 Å². The first-order valence-electron chi connectivity index (χ1n) is 28.2. The van der Waals surface area contributed by atoms with Crippen LogP contribution < -0.4 is 10.6 Å². The van der Waals surface area contributed by atoms with E-state index in [9.17, 15) is 28.6 Å². The van der Waals surface area contributed by atoms with Crippen molar-refractivity contribution in [3.05, 3.63) is 29.8 Å². The number of ether oxygens (including phenoxy) is 4. The van der Waals surface area contributed by atoms with Crippen LogP contribution in [-0.4, -0.2) is 80.9 Å². The number of alkyl carbamates (subject to hydrolysis) is 2. The Morgan fingerprint density at radius 1 is 0.542 bits per heavy atom. The molecule has 418 valence electrons. The van der Waals surface area contributed by atoms with Crippen LogP contribution in [0.25, 0.3) is 0 Å². The molecular weight excluding hydrogens is 976 g/mol. The van der Waals surface area contributed by atoms with Gasteiger partial charge in [-0.05, 0) is 43.4 Å². The summed E-state index contributed by atoms with van der Waals surface area (Å²) in [4.78, 5) is 60.3. The first kappa shape index (κ1) is 67.5. The van der Waals surface area contributed by atoms with Gasteiger partial charge in [-0.1, -0.05) is 227 Å². The van der Waals surface area contributed by atoms with Crippen LogP contribution in [0.2, 0.25) is 0 Å². The fourth-order valence-corrected chi connectivity index (χ4v) is 10.6. The highest BCUT2D eigenvalue weighted by Crippen LogP contribution is 2.43. The number of methoxy groups -OCH3 is 1. The highest BCUT2D eigenvalue weighted by atomic mass is 33.1. The van der Waals surface area contributed by atoms with Gasteiger partial charge in [-0.3, -0.25) is 18.6 Å². The molecule has 72 heavy (non-hydrogen) atoms. The van der Waals surface area contributed by atoms with Crippen LogP contribution in [-0.2, 0) is 48.8 Å². The molecule has 2 atom stereocenters. The molecule has 0 aliphatic heterocycles. The van der Waals surface area contributed by atoms with Gasteiger partial charge in [0.1, 0.15) is 13.2 Å². The van der Waals surface area contributed by atoms with Crippen molar-refractivity contribution >= 4 is 53.5 Å². The Bertz CT molecular complexity index is 1510. The number of esters is 2. The molecule has 2 amide bonds. The molecule has 0 fully saturated rings. The van der Waals surface area contributed by atoms with E-state index >= 15 is 0 Å². The predicted molar refractivity (Wildman–Crippen MR) is 294 cm³/mol. The molecule has 3 N–H and O–H groups in total. The van der Waals surface area contributed by atoms with Crippen LogP contribution in [0.15, 0.2) is 29.2 Å². The molecule has 1 aromatic carbocycles. The lowest BCUT2D eigenvalue weighted by atomic mass is 10.0. The maximum Gasteiger partial charge on any atom is 0.472 e. The van der Waals surface area contributed by atoms with Gasteiger partial charge in [0.2, 0.25) is 0 Å². The number of carbonyl (C=O) groups excluding carboxylic acids is 4. The van der Waals surface area contributed by atoms with Crippen LogP contribution >= 0.6 is 29.4 Å². The molecule has 0 saturated carbocycles. The third kappa shape index (κ3) is 44.9. The fourth-order valence-electron chi connectivity index (χ4n) is 7.93. The van der Waals surface area contributed by atoms with Gasteiger partial charge < -0.3 is 34.5 Å². The topological polar surface area (TPSA) is 185 Å².